The zero-order valence-corrected chi connectivity index (χ0v) is 11.9. The standard InChI is InChI=1S/C14H24N4O/c1-11-8-16-18(9-11)10-13-3-5-17(6-4-13)14(19)7-12(2)15/h8-9,12-13H,3-7,10,15H2,1-2H3. The molecule has 1 aromatic heterocycles. The molecule has 2 heterocycles. The molecule has 106 valence electrons. The van der Waals surface area contributed by atoms with Crippen molar-refractivity contribution >= 4 is 5.91 Å². The van der Waals surface area contributed by atoms with Gasteiger partial charge in [0.15, 0.2) is 0 Å². The zero-order chi connectivity index (χ0) is 13.8. The summed E-state index contributed by atoms with van der Waals surface area (Å²) in [6.45, 7) is 6.61. The van der Waals surface area contributed by atoms with E-state index in [9.17, 15) is 4.79 Å². The van der Waals surface area contributed by atoms with Gasteiger partial charge in [-0.1, -0.05) is 0 Å². The van der Waals surface area contributed by atoms with E-state index >= 15 is 0 Å². The van der Waals surface area contributed by atoms with Crippen molar-refractivity contribution in [3.05, 3.63) is 18.0 Å². The molecule has 5 nitrogen and oxygen atoms in total. The highest BCUT2D eigenvalue weighted by atomic mass is 16.2. The molecule has 1 saturated heterocycles. The number of aromatic nitrogens is 2. The van der Waals surface area contributed by atoms with Crippen LogP contribution in [0.4, 0.5) is 0 Å². The Balaban J connectivity index is 1.77. The normalized spacial score (nSPS) is 18.6. The number of rotatable bonds is 4. The first-order valence-corrected chi connectivity index (χ1v) is 7.07. The van der Waals surface area contributed by atoms with Gasteiger partial charge >= 0.3 is 0 Å². The van der Waals surface area contributed by atoms with Crippen molar-refractivity contribution < 1.29 is 4.79 Å². The topological polar surface area (TPSA) is 64.2 Å². The molecule has 0 aromatic carbocycles. The Labute approximate surface area is 114 Å². The molecule has 0 radical (unpaired) electrons. The van der Waals surface area contributed by atoms with Crippen molar-refractivity contribution in [2.75, 3.05) is 13.1 Å². The lowest BCUT2D eigenvalue weighted by Gasteiger charge is -2.32. The number of piperidine rings is 1. The zero-order valence-electron chi connectivity index (χ0n) is 11.9. The van der Waals surface area contributed by atoms with Crippen LogP contribution in [-0.4, -0.2) is 39.7 Å². The van der Waals surface area contributed by atoms with Gasteiger partial charge in [-0.15, -0.1) is 0 Å². The van der Waals surface area contributed by atoms with Crippen LogP contribution in [0.5, 0.6) is 0 Å². The first kappa shape index (κ1) is 14.1. The number of nitrogens with zero attached hydrogens (tertiary/aromatic N) is 3. The van der Waals surface area contributed by atoms with Gasteiger partial charge in [-0.3, -0.25) is 9.48 Å². The van der Waals surface area contributed by atoms with Gasteiger partial charge in [0.1, 0.15) is 0 Å². The maximum absolute atomic E-state index is 11.9. The lowest BCUT2D eigenvalue weighted by atomic mass is 9.96. The molecule has 1 fully saturated rings. The lowest BCUT2D eigenvalue weighted by molar-refractivity contribution is -0.132. The first-order valence-electron chi connectivity index (χ1n) is 7.07. The summed E-state index contributed by atoms with van der Waals surface area (Å²) in [4.78, 5) is 13.9. The van der Waals surface area contributed by atoms with Crippen LogP contribution in [0.2, 0.25) is 0 Å². The Hall–Kier alpha value is -1.36. The largest absolute Gasteiger partial charge is 0.343 e. The smallest absolute Gasteiger partial charge is 0.224 e. The molecule has 0 saturated carbocycles. The monoisotopic (exact) mass is 264 g/mol. The summed E-state index contributed by atoms with van der Waals surface area (Å²) in [5.41, 5.74) is 6.87. The molecule has 1 aliphatic rings. The van der Waals surface area contributed by atoms with E-state index in [4.69, 9.17) is 5.73 Å². The molecule has 0 spiro atoms. The number of carbonyl (C=O) groups excluding carboxylic acids is 1. The molecule has 5 heteroatoms. The van der Waals surface area contributed by atoms with Crippen LogP contribution in [0.3, 0.4) is 0 Å². The van der Waals surface area contributed by atoms with E-state index in [1.165, 1.54) is 5.56 Å². The molecule has 1 amide bonds. The number of hydrogen-bond acceptors (Lipinski definition) is 3. The Morgan fingerprint density at radius 1 is 1.53 bits per heavy atom. The van der Waals surface area contributed by atoms with Crippen molar-refractivity contribution in [3.8, 4) is 0 Å². The minimum Gasteiger partial charge on any atom is -0.343 e. The first-order chi connectivity index (χ1) is 9.04. The molecule has 2 rings (SSSR count). The number of amides is 1. The lowest BCUT2D eigenvalue weighted by Crippen LogP contribution is -2.41. The molecule has 19 heavy (non-hydrogen) atoms. The Morgan fingerprint density at radius 2 is 2.21 bits per heavy atom. The fraction of sp³-hybridized carbons (Fsp3) is 0.714. The van der Waals surface area contributed by atoms with E-state index in [1.54, 1.807) is 0 Å². The van der Waals surface area contributed by atoms with E-state index in [0.717, 1.165) is 32.5 Å². The molecular formula is C14H24N4O. The average molecular weight is 264 g/mol. The fourth-order valence-corrected chi connectivity index (χ4v) is 2.60. The predicted molar refractivity (Wildman–Crippen MR) is 74.5 cm³/mol. The minimum absolute atomic E-state index is 0.0442. The van der Waals surface area contributed by atoms with Crippen LogP contribution in [0.1, 0.15) is 31.7 Å². The summed E-state index contributed by atoms with van der Waals surface area (Å²) in [5.74, 6) is 0.821. The van der Waals surface area contributed by atoms with Gasteiger partial charge in [-0.25, -0.2) is 0 Å². The number of likely N-dealkylation sites (tertiary alicyclic amines) is 1. The number of carbonyl (C=O) groups is 1. The Bertz CT molecular complexity index is 419. The van der Waals surface area contributed by atoms with Crippen LogP contribution in [0.15, 0.2) is 12.4 Å². The van der Waals surface area contributed by atoms with Crippen LogP contribution >= 0.6 is 0 Å². The summed E-state index contributed by atoms with van der Waals surface area (Å²) in [7, 11) is 0. The van der Waals surface area contributed by atoms with Crippen LogP contribution < -0.4 is 5.73 Å². The van der Waals surface area contributed by atoms with Crippen molar-refractivity contribution in [2.45, 2.75) is 45.7 Å². The number of nitrogens with two attached hydrogens (primary N) is 1. The Morgan fingerprint density at radius 3 is 2.74 bits per heavy atom. The minimum atomic E-state index is -0.0442. The third-order valence-electron chi connectivity index (χ3n) is 3.67. The second-order valence-electron chi connectivity index (χ2n) is 5.75. The maximum atomic E-state index is 11.9. The predicted octanol–water partition coefficient (Wildman–Crippen LogP) is 1.17. The second-order valence-corrected chi connectivity index (χ2v) is 5.75. The quantitative estimate of drug-likeness (QED) is 0.887. The van der Waals surface area contributed by atoms with Crippen LogP contribution in [0, 0.1) is 12.8 Å². The average Bonchev–Trinajstić information content (AvgIpc) is 2.75. The summed E-state index contributed by atoms with van der Waals surface area (Å²) in [5, 5.41) is 4.32. The summed E-state index contributed by atoms with van der Waals surface area (Å²) < 4.78 is 2.01. The highest BCUT2D eigenvalue weighted by Crippen LogP contribution is 2.19. The molecule has 1 atom stereocenters. The number of aryl methyl sites for hydroxylation is 1. The third-order valence-corrected chi connectivity index (χ3v) is 3.67. The van der Waals surface area contributed by atoms with E-state index in [1.807, 2.05) is 22.7 Å². The maximum Gasteiger partial charge on any atom is 0.224 e. The molecule has 1 aliphatic heterocycles. The molecule has 1 aromatic rings. The van der Waals surface area contributed by atoms with Crippen molar-refractivity contribution in [3.63, 3.8) is 0 Å². The van der Waals surface area contributed by atoms with Gasteiger partial charge in [0, 0.05) is 38.3 Å². The Kier molecular flexibility index (Phi) is 4.58. The summed E-state index contributed by atoms with van der Waals surface area (Å²) in [6.07, 6.45) is 6.55. The van der Waals surface area contributed by atoms with Gasteiger partial charge in [0.05, 0.1) is 6.20 Å². The molecule has 1 unspecified atom stereocenters. The van der Waals surface area contributed by atoms with Gasteiger partial charge in [0.2, 0.25) is 5.91 Å². The van der Waals surface area contributed by atoms with Crippen LogP contribution in [0.25, 0.3) is 0 Å². The van der Waals surface area contributed by atoms with E-state index in [0.29, 0.717) is 12.3 Å². The SMILES string of the molecule is Cc1cnn(CC2CCN(C(=O)CC(C)N)CC2)c1. The van der Waals surface area contributed by atoms with Crippen LogP contribution in [-0.2, 0) is 11.3 Å². The molecule has 0 bridgehead atoms. The third kappa shape index (κ3) is 4.06. The molecule has 0 aliphatic carbocycles. The van der Waals surface area contributed by atoms with Crippen molar-refractivity contribution in [1.29, 1.82) is 0 Å². The van der Waals surface area contributed by atoms with Crippen molar-refractivity contribution in [2.24, 2.45) is 11.7 Å². The summed E-state index contributed by atoms with van der Waals surface area (Å²) in [6, 6.07) is -0.0442. The van der Waals surface area contributed by atoms with Gasteiger partial charge in [-0.05, 0) is 38.2 Å². The number of hydrogen-bond donors (Lipinski definition) is 1. The van der Waals surface area contributed by atoms with E-state index < -0.39 is 0 Å². The van der Waals surface area contributed by atoms with Gasteiger partial charge in [-0.2, -0.15) is 5.10 Å². The van der Waals surface area contributed by atoms with E-state index in [2.05, 4.69) is 18.2 Å². The molecule has 2 N–H and O–H groups in total. The van der Waals surface area contributed by atoms with Crippen molar-refractivity contribution in [1.82, 2.24) is 14.7 Å². The van der Waals surface area contributed by atoms with Gasteiger partial charge in [0.25, 0.3) is 0 Å². The highest BCUT2D eigenvalue weighted by molar-refractivity contribution is 5.76. The molecular weight excluding hydrogens is 240 g/mol. The van der Waals surface area contributed by atoms with Gasteiger partial charge < -0.3 is 10.6 Å². The van der Waals surface area contributed by atoms with E-state index in [-0.39, 0.29) is 11.9 Å². The second kappa shape index (κ2) is 6.19. The highest BCUT2D eigenvalue weighted by Gasteiger charge is 2.23. The summed E-state index contributed by atoms with van der Waals surface area (Å²) >= 11 is 0. The fourth-order valence-electron chi connectivity index (χ4n) is 2.60.